The standard InChI is InChI=1S/C19H16N2O3S/c1-2-23-19(22)16-15(13-8-9-25-11-13)14(10-20)17(24-18(16)21)12-6-4-3-5-7-12/h3-9,11,15-16,21H,2H2,1H3. The van der Waals surface area contributed by atoms with Crippen molar-refractivity contribution in [2.75, 3.05) is 6.61 Å². The third-order valence-corrected chi connectivity index (χ3v) is 4.68. The molecule has 2 atom stereocenters. The lowest BCUT2D eigenvalue weighted by Crippen LogP contribution is -2.37. The van der Waals surface area contributed by atoms with Gasteiger partial charge in [-0.15, -0.1) is 0 Å². The van der Waals surface area contributed by atoms with Crippen molar-refractivity contribution in [2.24, 2.45) is 5.92 Å². The second-order valence-electron chi connectivity index (χ2n) is 5.45. The summed E-state index contributed by atoms with van der Waals surface area (Å²) in [6.07, 6.45) is 0. The minimum atomic E-state index is -0.961. The minimum Gasteiger partial charge on any atom is -0.465 e. The maximum Gasteiger partial charge on any atom is 0.319 e. The van der Waals surface area contributed by atoms with Gasteiger partial charge in [0.2, 0.25) is 5.90 Å². The van der Waals surface area contributed by atoms with Crippen molar-refractivity contribution in [2.45, 2.75) is 12.8 Å². The Morgan fingerprint density at radius 3 is 2.72 bits per heavy atom. The second-order valence-corrected chi connectivity index (χ2v) is 6.23. The van der Waals surface area contributed by atoms with E-state index in [1.54, 1.807) is 6.92 Å². The highest BCUT2D eigenvalue weighted by Crippen LogP contribution is 2.43. The number of esters is 1. The van der Waals surface area contributed by atoms with Crippen LogP contribution in [0.5, 0.6) is 0 Å². The van der Waals surface area contributed by atoms with Crippen LogP contribution in [-0.4, -0.2) is 18.5 Å². The number of nitriles is 1. The first kappa shape index (κ1) is 16.9. The Balaban J connectivity index is 2.17. The Bertz CT molecular complexity index is 851. The lowest BCUT2D eigenvalue weighted by atomic mass is 9.78. The van der Waals surface area contributed by atoms with Crippen molar-refractivity contribution < 1.29 is 14.3 Å². The van der Waals surface area contributed by atoms with Gasteiger partial charge >= 0.3 is 5.97 Å². The van der Waals surface area contributed by atoms with E-state index in [-0.39, 0.29) is 12.5 Å². The molecule has 0 amide bonds. The average Bonchev–Trinajstić information content (AvgIpc) is 3.16. The fourth-order valence-electron chi connectivity index (χ4n) is 2.90. The van der Waals surface area contributed by atoms with Gasteiger partial charge < -0.3 is 9.47 Å². The van der Waals surface area contributed by atoms with Crippen LogP contribution in [0, 0.1) is 22.7 Å². The quantitative estimate of drug-likeness (QED) is 0.845. The normalized spacial score (nSPS) is 19.9. The van der Waals surface area contributed by atoms with Crippen LogP contribution in [0.2, 0.25) is 0 Å². The molecule has 0 bridgehead atoms. The molecule has 0 saturated carbocycles. The SMILES string of the molecule is CCOC(=O)C1C(=N)OC(c2ccccc2)=C(C#N)C1c1ccsc1. The van der Waals surface area contributed by atoms with Crippen LogP contribution < -0.4 is 0 Å². The van der Waals surface area contributed by atoms with Gasteiger partial charge in [0.25, 0.3) is 0 Å². The predicted octanol–water partition coefficient (Wildman–Crippen LogP) is 3.95. The lowest BCUT2D eigenvalue weighted by Gasteiger charge is -2.31. The van der Waals surface area contributed by atoms with Crippen LogP contribution in [0.25, 0.3) is 5.76 Å². The topological polar surface area (TPSA) is 83.2 Å². The average molecular weight is 352 g/mol. The maximum absolute atomic E-state index is 12.4. The summed E-state index contributed by atoms with van der Waals surface area (Å²) in [6.45, 7) is 1.91. The summed E-state index contributed by atoms with van der Waals surface area (Å²) in [5, 5.41) is 21.8. The number of nitrogens with one attached hydrogen (secondary N) is 1. The van der Waals surface area contributed by atoms with E-state index in [2.05, 4.69) is 6.07 Å². The summed E-state index contributed by atoms with van der Waals surface area (Å²) in [5.41, 5.74) is 1.84. The first-order valence-electron chi connectivity index (χ1n) is 7.82. The molecule has 2 unspecified atom stereocenters. The summed E-state index contributed by atoms with van der Waals surface area (Å²) in [7, 11) is 0. The van der Waals surface area contributed by atoms with Gasteiger partial charge in [0, 0.05) is 11.5 Å². The molecule has 126 valence electrons. The van der Waals surface area contributed by atoms with Gasteiger partial charge in [0.1, 0.15) is 5.92 Å². The molecule has 5 nitrogen and oxygen atoms in total. The maximum atomic E-state index is 12.4. The molecule has 2 aromatic rings. The Morgan fingerprint density at radius 1 is 1.36 bits per heavy atom. The number of carbonyl (C=O) groups excluding carboxylic acids is 1. The smallest absolute Gasteiger partial charge is 0.319 e. The van der Waals surface area contributed by atoms with Crippen LogP contribution in [-0.2, 0) is 14.3 Å². The number of benzene rings is 1. The largest absolute Gasteiger partial charge is 0.465 e. The molecule has 0 radical (unpaired) electrons. The number of hydrogen-bond acceptors (Lipinski definition) is 6. The number of ether oxygens (including phenoxy) is 2. The Labute approximate surface area is 149 Å². The van der Waals surface area contributed by atoms with E-state index in [0.717, 1.165) is 5.56 Å². The third-order valence-electron chi connectivity index (χ3n) is 3.98. The second kappa shape index (κ2) is 7.32. The van der Waals surface area contributed by atoms with Crippen molar-refractivity contribution in [1.29, 1.82) is 10.7 Å². The van der Waals surface area contributed by atoms with Crippen LogP contribution >= 0.6 is 11.3 Å². The summed E-state index contributed by atoms with van der Waals surface area (Å²) in [4.78, 5) is 12.4. The highest BCUT2D eigenvalue weighted by Gasteiger charge is 2.44. The molecule has 0 saturated heterocycles. The zero-order valence-corrected chi connectivity index (χ0v) is 14.4. The van der Waals surface area contributed by atoms with Crippen LogP contribution in [0.4, 0.5) is 0 Å². The molecule has 1 N–H and O–H groups in total. The molecule has 25 heavy (non-hydrogen) atoms. The highest BCUT2D eigenvalue weighted by atomic mass is 32.1. The van der Waals surface area contributed by atoms with Gasteiger partial charge in [-0.25, -0.2) is 0 Å². The van der Waals surface area contributed by atoms with Crippen molar-refractivity contribution in [3.8, 4) is 6.07 Å². The molecule has 1 aliphatic rings. The molecule has 6 heteroatoms. The van der Waals surface area contributed by atoms with Gasteiger partial charge in [-0.2, -0.15) is 16.6 Å². The number of nitrogens with zero attached hydrogens (tertiary/aromatic N) is 1. The van der Waals surface area contributed by atoms with Gasteiger partial charge in [0.15, 0.2) is 5.76 Å². The van der Waals surface area contributed by atoms with E-state index < -0.39 is 17.8 Å². The van der Waals surface area contributed by atoms with E-state index >= 15 is 0 Å². The Kier molecular flexibility index (Phi) is 4.96. The van der Waals surface area contributed by atoms with Gasteiger partial charge in [-0.05, 0) is 29.3 Å². The third kappa shape index (κ3) is 3.19. The number of thiophene rings is 1. The van der Waals surface area contributed by atoms with E-state index in [1.807, 2.05) is 47.2 Å². The number of rotatable bonds is 4. The molecular formula is C19H16N2O3S. The minimum absolute atomic E-state index is 0.201. The lowest BCUT2D eigenvalue weighted by molar-refractivity contribution is -0.146. The molecule has 2 heterocycles. The Morgan fingerprint density at radius 2 is 2.12 bits per heavy atom. The zero-order valence-electron chi connectivity index (χ0n) is 13.6. The molecule has 3 rings (SSSR count). The molecule has 0 spiro atoms. The number of hydrogen-bond donors (Lipinski definition) is 1. The van der Waals surface area contributed by atoms with E-state index in [9.17, 15) is 10.1 Å². The predicted molar refractivity (Wildman–Crippen MR) is 95.0 cm³/mol. The Hall–Kier alpha value is -2.91. The summed E-state index contributed by atoms with van der Waals surface area (Å²) in [6, 6.07) is 13.2. The van der Waals surface area contributed by atoms with Crippen molar-refractivity contribution in [1.82, 2.24) is 0 Å². The van der Waals surface area contributed by atoms with Crippen LogP contribution in [0.15, 0.2) is 52.7 Å². The first-order valence-corrected chi connectivity index (χ1v) is 8.76. The molecule has 0 fully saturated rings. The van der Waals surface area contributed by atoms with Crippen LogP contribution in [0.1, 0.15) is 24.0 Å². The summed E-state index contributed by atoms with van der Waals surface area (Å²) in [5.74, 6) is -1.98. The summed E-state index contributed by atoms with van der Waals surface area (Å²) >= 11 is 1.48. The molecule has 0 aliphatic carbocycles. The van der Waals surface area contributed by atoms with E-state index in [1.165, 1.54) is 11.3 Å². The van der Waals surface area contributed by atoms with Crippen molar-refractivity contribution >= 4 is 29.0 Å². The fraction of sp³-hybridized carbons (Fsp3) is 0.211. The molecule has 1 aromatic carbocycles. The molecule has 1 aliphatic heterocycles. The number of allylic oxidation sites excluding steroid dienone is 1. The number of carbonyl (C=O) groups is 1. The van der Waals surface area contributed by atoms with Gasteiger partial charge in [0.05, 0.1) is 18.2 Å². The fourth-order valence-corrected chi connectivity index (χ4v) is 3.59. The van der Waals surface area contributed by atoms with Crippen molar-refractivity contribution in [3.05, 3.63) is 63.9 Å². The van der Waals surface area contributed by atoms with E-state index in [4.69, 9.17) is 14.9 Å². The van der Waals surface area contributed by atoms with Crippen LogP contribution in [0.3, 0.4) is 0 Å². The van der Waals surface area contributed by atoms with E-state index in [0.29, 0.717) is 16.9 Å². The van der Waals surface area contributed by atoms with Gasteiger partial charge in [-0.1, -0.05) is 30.3 Å². The first-order chi connectivity index (χ1) is 12.2. The van der Waals surface area contributed by atoms with Crippen molar-refractivity contribution in [3.63, 3.8) is 0 Å². The van der Waals surface area contributed by atoms with Gasteiger partial charge in [-0.3, -0.25) is 10.2 Å². The monoisotopic (exact) mass is 352 g/mol. The molecular weight excluding hydrogens is 336 g/mol. The highest BCUT2D eigenvalue weighted by molar-refractivity contribution is 7.08. The summed E-state index contributed by atoms with van der Waals surface area (Å²) < 4.78 is 10.8. The molecule has 1 aromatic heterocycles. The zero-order chi connectivity index (χ0) is 17.8.